The standard InChI is InChI=1S/C21H27N3.2ClH/c1-16-15-23(17(2)14-22-16)12-7-13-24-20-10-5-3-8-18(20)19-9-4-6-11-21(19)24;;/h3-6,8-11,16-17,22H,7,12-15H2,1-2H3;2*1H. The number of hydrogen-bond donors (Lipinski definition) is 1. The Morgan fingerprint density at radius 2 is 1.46 bits per heavy atom. The molecule has 1 aromatic heterocycles. The molecule has 2 heterocycles. The van der Waals surface area contributed by atoms with Crippen molar-refractivity contribution in [1.82, 2.24) is 14.8 Å². The molecule has 142 valence electrons. The number of aryl methyl sites for hydroxylation is 1. The second kappa shape index (κ2) is 9.09. The van der Waals surface area contributed by atoms with E-state index in [0.29, 0.717) is 12.1 Å². The lowest BCUT2D eigenvalue weighted by molar-refractivity contribution is 0.143. The number of hydrogen-bond acceptors (Lipinski definition) is 2. The van der Waals surface area contributed by atoms with E-state index in [0.717, 1.165) is 19.6 Å². The lowest BCUT2D eigenvalue weighted by Gasteiger charge is -2.37. The van der Waals surface area contributed by atoms with E-state index in [9.17, 15) is 0 Å². The first-order valence-corrected chi connectivity index (χ1v) is 9.17. The number of piperazine rings is 1. The van der Waals surface area contributed by atoms with Gasteiger partial charge in [0.1, 0.15) is 0 Å². The Bertz CT molecular complexity index is 792. The quantitative estimate of drug-likeness (QED) is 0.692. The first kappa shape index (κ1) is 21.0. The smallest absolute Gasteiger partial charge is 0.0491 e. The molecule has 0 amide bonds. The molecule has 0 saturated carbocycles. The number of nitrogens with one attached hydrogen (secondary N) is 1. The molecule has 0 radical (unpaired) electrons. The SMILES string of the molecule is CC1CN(CCCn2c3ccccc3c3ccccc32)C(C)CN1.Cl.Cl. The van der Waals surface area contributed by atoms with Crippen LogP contribution < -0.4 is 5.32 Å². The van der Waals surface area contributed by atoms with Crippen LogP contribution in [0.5, 0.6) is 0 Å². The van der Waals surface area contributed by atoms with Crippen LogP contribution in [0.1, 0.15) is 20.3 Å². The Morgan fingerprint density at radius 3 is 2.08 bits per heavy atom. The molecule has 1 aliphatic rings. The van der Waals surface area contributed by atoms with Gasteiger partial charge in [-0.25, -0.2) is 0 Å². The van der Waals surface area contributed by atoms with Crippen molar-refractivity contribution in [3.63, 3.8) is 0 Å². The van der Waals surface area contributed by atoms with Gasteiger partial charge in [-0.1, -0.05) is 36.4 Å². The van der Waals surface area contributed by atoms with Gasteiger partial charge in [0.15, 0.2) is 0 Å². The zero-order valence-corrected chi connectivity index (χ0v) is 17.2. The molecular formula is C21H29Cl2N3. The van der Waals surface area contributed by atoms with Crippen molar-refractivity contribution in [3.05, 3.63) is 48.5 Å². The fourth-order valence-electron chi connectivity index (χ4n) is 4.08. The maximum absolute atomic E-state index is 3.57. The van der Waals surface area contributed by atoms with E-state index in [1.165, 1.54) is 34.8 Å². The predicted octanol–water partition coefficient (Wildman–Crippen LogP) is 4.71. The van der Waals surface area contributed by atoms with E-state index >= 15 is 0 Å². The first-order valence-electron chi connectivity index (χ1n) is 9.17. The number of fused-ring (bicyclic) bond motifs is 3. The Balaban J connectivity index is 0.00000121. The molecule has 2 atom stereocenters. The van der Waals surface area contributed by atoms with E-state index in [4.69, 9.17) is 0 Å². The molecule has 1 N–H and O–H groups in total. The van der Waals surface area contributed by atoms with Crippen molar-refractivity contribution in [3.8, 4) is 0 Å². The zero-order valence-electron chi connectivity index (χ0n) is 15.5. The van der Waals surface area contributed by atoms with Crippen LogP contribution in [0.4, 0.5) is 0 Å². The van der Waals surface area contributed by atoms with Gasteiger partial charge < -0.3 is 9.88 Å². The summed E-state index contributed by atoms with van der Waals surface area (Å²) in [7, 11) is 0. The molecule has 5 heteroatoms. The molecule has 26 heavy (non-hydrogen) atoms. The monoisotopic (exact) mass is 393 g/mol. The summed E-state index contributed by atoms with van der Waals surface area (Å²) in [6.07, 6.45) is 1.19. The highest BCUT2D eigenvalue weighted by molar-refractivity contribution is 6.07. The lowest BCUT2D eigenvalue weighted by Crippen LogP contribution is -2.54. The topological polar surface area (TPSA) is 20.2 Å². The van der Waals surface area contributed by atoms with Gasteiger partial charge in [-0.15, -0.1) is 24.8 Å². The third-order valence-corrected chi connectivity index (χ3v) is 5.40. The number of nitrogens with zero attached hydrogens (tertiary/aromatic N) is 2. The molecule has 2 aromatic carbocycles. The summed E-state index contributed by atoms with van der Waals surface area (Å²) >= 11 is 0. The molecule has 0 aliphatic carbocycles. The van der Waals surface area contributed by atoms with Crippen LogP contribution in [0.3, 0.4) is 0 Å². The van der Waals surface area contributed by atoms with E-state index in [-0.39, 0.29) is 24.8 Å². The van der Waals surface area contributed by atoms with Crippen LogP contribution in [0, 0.1) is 0 Å². The van der Waals surface area contributed by atoms with Crippen molar-refractivity contribution in [2.45, 2.75) is 38.9 Å². The maximum Gasteiger partial charge on any atom is 0.0491 e. The summed E-state index contributed by atoms with van der Waals surface area (Å²) in [5, 5.41) is 6.31. The molecule has 1 fully saturated rings. The number of para-hydroxylation sites is 2. The third-order valence-electron chi connectivity index (χ3n) is 5.40. The number of rotatable bonds is 4. The fourth-order valence-corrected chi connectivity index (χ4v) is 4.08. The van der Waals surface area contributed by atoms with Crippen LogP contribution in [0.15, 0.2) is 48.5 Å². The van der Waals surface area contributed by atoms with Crippen LogP contribution >= 0.6 is 24.8 Å². The summed E-state index contributed by atoms with van der Waals surface area (Å²) in [6, 6.07) is 18.8. The minimum absolute atomic E-state index is 0. The molecule has 1 saturated heterocycles. The van der Waals surface area contributed by atoms with E-state index in [1.54, 1.807) is 0 Å². The molecule has 3 nitrogen and oxygen atoms in total. The Labute approximate surface area is 168 Å². The van der Waals surface area contributed by atoms with Crippen molar-refractivity contribution < 1.29 is 0 Å². The third kappa shape index (κ3) is 4.01. The number of aromatic nitrogens is 1. The second-order valence-electron chi connectivity index (χ2n) is 7.19. The molecule has 0 spiro atoms. The van der Waals surface area contributed by atoms with Crippen molar-refractivity contribution in [1.29, 1.82) is 0 Å². The number of halogens is 2. The normalized spacial score (nSPS) is 20.7. The zero-order chi connectivity index (χ0) is 16.5. The van der Waals surface area contributed by atoms with Gasteiger partial charge in [0.25, 0.3) is 0 Å². The van der Waals surface area contributed by atoms with E-state index in [2.05, 4.69) is 77.2 Å². The minimum Gasteiger partial charge on any atom is -0.340 e. The van der Waals surface area contributed by atoms with Gasteiger partial charge in [0.2, 0.25) is 0 Å². The van der Waals surface area contributed by atoms with Gasteiger partial charge in [-0.3, -0.25) is 4.90 Å². The predicted molar refractivity (Wildman–Crippen MR) is 117 cm³/mol. The van der Waals surface area contributed by atoms with Crippen molar-refractivity contribution in [2.24, 2.45) is 0 Å². The largest absolute Gasteiger partial charge is 0.340 e. The summed E-state index contributed by atoms with van der Waals surface area (Å²) in [5.74, 6) is 0. The highest BCUT2D eigenvalue weighted by Crippen LogP contribution is 2.28. The van der Waals surface area contributed by atoms with Gasteiger partial charge in [0.05, 0.1) is 0 Å². The fraction of sp³-hybridized carbons (Fsp3) is 0.429. The van der Waals surface area contributed by atoms with Crippen molar-refractivity contribution >= 4 is 46.6 Å². The average molecular weight is 394 g/mol. The lowest BCUT2D eigenvalue weighted by atomic mass is 10.1. The summed E-state index contributed by atoms with van der Waals surface area (Å²) in [5.41, 5.74) is 2.72. The van der Waals surface area contributed by atoms with Crippen LogP contribution in [-0.2, 0) is 6.54 Å². The highest BCUT2D eigenvalue weighted by atomic mass is 35.5. The minimum atomic E-state index is 0. The highest BCUT2D eigenvalue weighted by Gasteiger charge is 2.21. The van der Waals surface area contributed by atoms with E-state index in [1.807, 2.05) is 0 Å². The number of benzene rings is 2. The molecule has 3 aromatic rings. The maximum atomic E-state index is 3.57. The summed E-state index contributed by atoms with van der Waals surface area (Å²) < 4.78 is 2.50. The van der Waals surface area contributed by atoms with Gasteiger partial charge in [0, 0.05) is 60.1 Å². The molecule has 4 rings (SSSR count). The molecule has 2 unspecified atom stereocenters. The van der Waals surface area contributed by atoms with Gasteiger partial charge >= 0.3 is 0 Å². The molecular weight excluding hydrogens is 365 g/mol. The Kier molecular flexibility index (Phi) is 7.36. The van der Waals surface area contributed by atoms with Crippen LogP contribution in [0.2, 0.25) is 0 Å². The average Bonchev–Trinajstić information content (AvgIpc) is 2.93. The summed E-state index contributed by atoms with van der Waals surface area (Å²) in [4.78, 5) is 2.63. The van der Waals surface area contributed by atoms with Gasteiger partial charge in [-0.05, 0) is 32.4 Å². The molecule has 1 aliphatic heterocycles. The Morgan fingerprint density at radius 1 is 0.885 bits per heavy atom. The van der Waals surface area contributed by atoms with Crippen LogP contribution in [0.25, 0.3) is 21.8 Å². The van der Waals surface area contributed by atoms with Gasteiger partial charge in [-0.2, -0.15) is 0 Å². The van der Waals surface area contributed by atoms with Crippen molar-refractivity contribution in [2.75, 3.05) is 19.6 Å². The van der Waals surface area contributed by atoms with E-state index < -0.39 is 0 Å². The van der Waals surface area contributed by atoms with Crippen LogP contribution in [-0.4, -0.2) is 41.2 Å². The molecule has 0 bridgehead atoms. The second-order valence-corrected chi connectivity index (χ2v) is 7.19. The Hall–Kier alpha value is -1.26. The first-order chi connectivity index (χ1) is 11.7. The summed E-state index contributed by atoms with van der Waals surface area (Å²) in [6.45, 7) is 9.14.